The molecule has 0 spiro atoms. The van der Waals surface area contributed by atoms with E-state index in [-0.39, 0.29) is 44.4 Å². The van der Waals surface area contributed by atoms with Crippen molar-refractivity contribution in [3.8, 4) is 0 Å². The number of cyclic esters (lactones) is 1. The molecule has 1 unspecified atom stereocenters. The van der Waals surface area contributed by atoms with Gasteiger partial charge in [0.05, 0.1) is 13.1 Å². The van der Waals surface area contributed by atoms with Crippen LogP contribution in [0, 0.1) is 0 Å². The average molecular weight is 435 g/mol. The molecule has 2 heterocycles. The number of hydrogen-bond donors (Lipinski definition) is 1. The van der Waals surface area contributed by atoms with Gasteiger partial charge >= 0.3 is 21.6 Å². The van der Waals surface area contributed by atoms with Gasteiger partial charge in [0.2, 0.25) is 5.91 Å². The molecule has 2 fully saturated rings. The lowest BCUT2D eigenvalue weighted by Gasteiger charge is -2.18. The molecule has 2 aliphatic rings. The van der Waals surface area contributed by atoms with Crippen LogP contribution in [0.3, 0.4) is 0 Å². The summed E-state index contributed by atoms with van der Waals surface area (Å²) in [7, 11) is -5.33. The Hall–Kier alpha value is -2.34. The number of alkyl halides is 3. The molecular weight excluding hydrogens is 415 g/mol. The number of halogens is 3. The summed E-state index contributed by atoms with van der Waals surface area (Å²) in [6, 6.07) is 6.60. The Labute approximate surface area is 165 Å². The minimum absolute atomic E-state index is 0.196. The van der Waals surface area contributed by atoms with Crippen LogP contribution in [0.5, 0.6) is 0 Å². The van der Waals surface area contributed by atoms with E-state index in [1.54, 1.807) is 24.3 Å². The van der Waals surface area contributed by atoms with Gasteiger partial charge in [-0.2, -0.15) is 17.5 Å². The van der Waals surface area contributed by atoms with E-state index in [1.807, 2.05) is 0 Å². The Morgan fingerprint density at radius 2 is 1.90 bits per heavy atom. The van der Waals surface area contributed by atoms with E-state index in [4.69, 9.17) is 4.74 Å². The molecular formula is C17H20F3N3O5S. The second kappa shape index (κ2) is 7.82. The molecule has 0 radical (unpaired) electrons. The molecule has 2 aliphatic heterocycles. The third-order valence-electron chi connectivity index (χ3n) is 4.91. The van der Waals surface area contributed by atoms with Crippen LogP contribution in [0.15, 0.2) is 24.3 Å². The summed E-state index contributed by atoms with van der Waals surface area (Å²) in [5.41, 5.74) is -4.08. The summed E-state index contributed by atoms with van der Waals surface area (Å²) in [6.07, 6.45) is -0.766. The summed E-state index contributed by atoms with van der Waals surface area (Å²) < 4.78 is 66.8. The van der Waals surface area contributed by atoms with E-state index in [0.717, 1.165) is 0 Å². The third-order valence-corrected chi connectivity index (χ3v) is 6.51. The van der Waals surface area contributed by atoms with Crippen LogP contribution in [0.4, 0.5) is 23.7 Å². The highest BCUT2D eigenvalue weighted by Gasteiger charge is 2.51. The highest BCUT2D eigenvalue weighted by Crippen LogP contribution is 2.35. The summed E-state index contributed by atoms with van der Waals surface area (Å²) in [5, 5.41) is 2.58. The van der Waals surface area contributed by atoms with Crippen LogP contribution in [0.2, 0.25) is 0 Å². The number of nitrogens with one attached hydrogen (secondary N) is 1. The first kappa shape index (κ1) is 21.4. The number of benzene rings is 1. The number of carbonyl (C=O) groups is 2. The minimum Gasteiger partial charge on any atom is -0.442 e. The summed E-state index contributed by atoms with van der Waals surface area (Å²) in [6.45, 7) is 1.36. The molecule has 1 N–H and O–H groups in total. The van der Waals surface area contributed by atoms with Crippen molar-refractivity contribution in [1.29, 1.82) is 0 Å². The van der Waals surface area contributed by atoms with Crippen molar-refractivity contribution in [3.05, 3.63) is 29.8 Å². The number of hydrogen-bond acceptors (Lipinski definition) is 5. The molecule has 2 atom stereocenters. The number of rotatable bonds is 5. The summed E-state index contributed by atoms with van der Waals surface area (Å²) >= 11 is 0. The van der Waals surface area contributed by atoms with Gasteiger partial charge in [0, 0.05) is 25.7 Å². The first-order valence-electron chi connectivity index (χ1n) is 8.88. The SMILES string of the molecule is CC(=O)NC[C@H]1CN(c2ccc(C3CCN(S(=O)(=O)C(F)(F)F)C3)cc2)C(=O)O1. The van der Waals surface area contributed by atoms with Gasteiger partial charge in [-0.1, -0.05) is 12.1 Å². The molecule has 8 nitrogen and oxygen atoms in total. The van der Waals surface area contributed by atoms with Gasteiger partial charge in [-0.05, 0) is 30.0 Å². The van der Waals surface area contributed by atoms with Crippen molar-refractivity contribution < 1.29 is 35.9 Å². The van der Waals surface area contributed by atoms with Gasteiger partial charge in [0.1, 0.15) is 6.10 Å². The maximum atomic E-state index is 12.7. The minimum atomic E-state index is -5.33. The largest absolute Gasteiger partial charge is 0.511 e. The second-order valence-electron chi connectivity index (χ2n) is 6.94. The zero-order chi connectivity index (χ0) is 21.4. The Balaban J connectivity index is 1.64. The van der Waals surface area contributed by atoms with Crippen molar-refractivity contribution in [1.82, 2.24) is 9.62 Å². The van der Waals surface area contributed by atoms with Crippen molar-refractivity contribution in [2.45, 2.75) is 30.9 Å². The second-order valence-corrected chi connectivity index (χ2v) is 8.87. The maximum Gasteiger partial charge on any atom is 0.511 e. The maximum absolute atomic E-state index is 12.7. The first-order chi connectivity index (χ1) is 13.5. The van der Waals surface area contributed by atoms with Crippen molar-refractivity contribution in [3.63, 3.8) is 0 Å². The number of anilines is 1. The molecule has 0 saturated carbocycles. The normalized spacial score (nSPS) is 23.3. The van der Waals surface area contributed by atoms with Gasteiger partial charge in [-0.3, -0.25) is 9.69 Å². The lowest BCUT2D eigenvalue weighted by Crippen LogP contribution is -2.39. The number of sulfonamides is 1. The van der Waals surface area contributed by atoms with Gasteiger partial charge in [0.15, 0.2) is 0 Å². The fourth-order valence-corrected chi connectivity index (χ4v) is 4.40. The van der Waals surface area contributed by atoms with Crippen molar-refractivity contribution >= 4 is 27.7 Å². The molecule has 12 heteroatoms. The lowest BCUT2D eigenvalue weighted by atomic mass is 9.98. The first-order valence-corrected chi connectivity index (χ1v) is 10.3. The van der Waals surface area contributed by atoms with Crippen molar-refractivity contribution in [2.75, 3.05) is 31.1 Å². The highest BCUT2D eigenvalue weighted by molar-refractivity contribution is 7.90. The molecule has 2 saturated heterocycles. The number of ether oxygens (including phenoxy) is 1. The lowest BCUT2D eigenvalue weighted by molar-refractivity contribution is -0.119. The van der Waals surface area contributed by atoms with Gasteiger partial charge in [0.25, 0.3) is 0 Å². The van der Waals surface area contributed by atoms with Crippen molar-refractivity contribution in [2.24, 2.45) is 0 Å². The molecule has 0 bridgehead atoms. The fraction of sp³-hybridized carbons (Fsp3) is 0.529. The van der Waals surface area contributed by atoms with E-state index >= 15 is 0 Å². The third kappa shape index (κ3) is 4.47. The van der Waals surface area contributed by atoms with E-state index in [2.05, 4.69) is 5.32 Å². The zero-order valence-electron chi connectivity index (χ0n) is 15.5. The summed E-state index contributed by atoms with van der Waals surface area (Å²) in [4.78, 5) is 24.4. The van der Waals surface area contributed by atoms with Crippen LogP contribution >= 0.6 is 0 Å². The quantitative estimate of drug-likeness (QED) is 0.761. The Bertz CT molecular complexity index is 889. The fourth-order valence-electron chi connectivity index (χ4n) is 3.39. The van der Waals surface area contributed by atoms with Crippen LogP contribution in [-0.2, 0) is 19.6 Å². The molecule has 2 amide bonds. The van der Waals surface area contributed by atoms with E-state index in [1.165, 1.54) is 11.8 Å². The van der Waals surface area contributed by atoms with E-state index < -0.39 is 27.7 Å². The predicted molar refractivity (Wildman–Crippen MR) is 96.6 cm³/mol. The van der Waals surface area contributed by atoms with E-state index in [0.29, 0.717) is 15.6 Å². The molecule has 0 aliphatic carbocycles. The topological polar surface area (TPSA) is 96.0 Å². The highest BCUT2D eigenvalue weighted by atomic mass is 32.2. The average Bonchev–Trinajstić information content (AvgIpc) is 3.26. The molecule has 29 heavy (non-hydrogen) atoms. The Morgan fingerprint density at radius 1 is 1.24 bits per heavy atom. The molecule has 1 aromatic carbocycles. The predicted octanol–water partition coefficient (Wildman–Crippen LogP) is 1.79. The Morgan fingerprint density at radius 3 is 2.48 bits per heavy atom. The summed E-state index contributed by atoms with van der Waals surface area (Å²) in [5.74, 6) is -0.596. The van der Waals surface area contributed by atoms with Gasteiger partial charge in [-0.25, -0.2) is 13.2 Å². The van der Waals surface area contributed by atoms with E-state index in [9.17, 15) is 31.2 Å². The van der Waals surface area contributed by atoms with Crippen LogP contribution < -0.4 is 10.2 Å². The number of amides is 2. The number of nitrogens with zero attached hydrogens (tertiary/aromatic N) is 2. The van der Waals surface area contributed by atoms with Gasteiger partial charge < -0.3 is 10.1 Å². The van der Waals surface area contributed by atoms with Crippen LogP contribution in [0.1, 0.15) is 24.8 Å². The standard InChI is InChI=1S/C17H20F3N3O5S/c1-11(24)21-8-15-10-23(16(25)28-15)14-4-2-12(3-5-14)13-6-7-22(9-13)29(26,27)17(18,19)20/h2-5,13,15H,6-10H2,1H3,(H,21,24)/t13?,15-/m0/s1. The van der Waals surface area contributed by atoms with Crippen LogP contribution in [0.25, 0.3) is 0 Å². The Kier molecular flexibility index (Phi) is 5.77. The molecule has 3 rings (SSSR count). The number of carbonyl (C=O) groups excluding carboxylic acids is 2. The molecule has 1 aromatic rings. The van der Waals surface area contributed by atoms with Crippen LogP contribution in [-0.4, -0.2) is 62.5 Å². The molecule has 0 aromatic heterocycles. The monoisotopic (exact) mass is 435 g/mol. The van der Waals surface area contributed by atoms with Gasteiger partial charge in [-0.15, -0.1) is 0 Å². The smallest absolute Gasteiger partial charge is 0.442 e. The zero-order valence-corrected chi connectivity index (χ0v) is 16.3. The molecule has 160 valence electrons.